The maximum atomic E-state index is 12.5. The monoisotopic (exact) mass is 492 g/mol. The van der Waals surface area contributed by atoms with E-state index in [1.54, 1.807) is 35.3 Å². The van der Waals surface area contributed by atoms with Crippen molar-refractivity contribution in [2.45, 2.75) is 22.8 Å². The number of piperidine rings is 1. The van der Waals surface area contributed by atoms with E-state index in [1.165, 1.54) is 15.6 Å². The first kappa shape index (κ1) is 22.9. The van der Waals surface area contributed by atoms with Crippen LogP contribution in [-0.2, 0) is 20.6 Å². The molecule has 2 aromatic rings. The molecule has 0 bridgehead atoms. The van der Waals surface area contributed by atoms with Gasteiger partial charge in [0.15, 0.2) is 0 Å². The Balaban J connectivity index is 1.36. The molecule has 0 spiro atoms. The maximum Gasteiger partial charge on any atom is 0.252 e. The number of nitrogens with zero attached hydrogens (tertiary/aromatic N) is 1. The van der Waals surface area contributed by atoms with Crippen molar-refractivity contribution in [1.29, 1.82) is 0 Å². The van der Waals surface area contributed by atoms with Crippen LogP contribution in [0.1, 0.15) is 18.4 Å². The lowest BCUT2D eigenvalue weighted by molar-refractivity contribution is -0.125. The van der Waals surface area contributed by atoms with Gasteiger partial charge < -0.3 is 5.32 Å². The molecular weight excluding hydrogens is 471 g/mol. The normalized spacial score (nSPS) is 16.1. The highest BCUT2D eigenvalue weighted by molar-refractivity contribution is 7.98. The molecule has 2 heterocycles. The smallest absolute Gasteiger partial charge is 0.252 e. The first-order valence-corrected chi connectivity index (χ1v) is 13.4. The average Bonchev–Trinajstić information content (AvgIpc) is 3.26. The van der Waals surface area contributed by atoms with Crippen LogP contribution in [-0.4, -0.2) is 44.0 Å². The standard InChI is InChI=1S/C19H22Cl2N2O3S3/c20-16-4-3-14(12-17(16)21)13-27-11-7-22-19(24)15-5-8-23(9-6-15)29(25,26)18-2-1-10-28-18/h1-4,10,12,15H,5-9,11,13H2,(H,22,24). The lowest BCUT2D eigenvalue weighted by Crippen LogP contribution is -2.43. The summed E-state index contributed by atoms with van der Waals surface area (Å²) in [5.41, 5.74) is 1.09. The van der Waals surface area contributed by atoms with E-state index in [-0.39, 0.29) is 11.8 Å². The Morgan fingerprint density at radius 1 is 1.21 bits per heavy atom. The zero-order valence-electron chi connectivity index (χ0n) is 15.6. The van der Waals surface area contributed by atoms with E-state index in [0.717, 1.165) is 17.1 Å². The molecule has 10 heteroatoms. The van der Waals surface area contributed by atoms with Gasteiger partial charge in [-0.2, -0.15) is 16.1 Å². The second kappa shape index (κ2) is 10.5. The number of hydrogen-bond donors (Lipinski definition) is 1. The summed E-state index contributed by atoms with van der Waals surface area (Å²) in [4.78, 5) is 12.4. The Labute approximate surface area is 189 Å². The molecule has 1 amide bonds. The van der Waals surface area contributed by atoms with Crippen molar-refractivity contribution in [3.8, 4) is 0 Å². The predicted molar refractivity (Wildman–Crippen MR) is 121 cm³/mol. The number of halogens is 2. The number of carbonyl (C=O) groups is 1. The molecule has 1 aromatic heterocycles. The zero-order chi connectivity index (χ0) is 20.9. The molecule has 3 rings (SSSR count). The van der Waals surface area contributed by atoms with Gasteiger partial charge in [-0.25, -0.2) is 8.42 Å². The Bertz CT molecular complexity index is 928. The summed E-state index contributed by atoms with van der Waals surface area (Å²) in [6, 6.07) is 8.93. The summed E-state index contributed by atoms with van der Waals surface area (Å²) < 4.78 is 26.9. The van der Waals surface area contributed by atoms with Crippen LogP contribution in [0.3, 0.4) is 0 Å². The van der Waals surface area contributed by atoms with Gasteiger partial charge in [0, 0.05) is 37.1 Å². The summed E-state index contributed by atoms with van der Waals surface area (Å²) in [5, 5.41) is 5.81. The molecule has 1 fully saturated rings. The number of rotatable bonds is 8. The fraction of sp³-hybridized carbons (Fsp3) is 0.421. The maximum absolute atomic E-state index is 12.5. The van der Waals surface area contributed by atoms with Crippen LogP contribution in [0.2, 0.25) is 10.0 Å². The Hall–Kier alpha value is -0.770. The molecule has 29 heavy (non-hydrogen) atoms. The molecule has 1 saturated heterocycles. The first-order chi connectivity index (χ1) is 13.9. The minimum Gasteiger partial charge on any atom is -0.355 e. The molecule has 5 nitrogen and oxygen atoms in total. The summed E-state index contributed by atoms with van der Waals surface area (Å²) in [5.74, 6) is 1.46. The topological polar surface area (TPSA) is 66.5 Å². The Kier molecular flexibility index (Phi) is 8.30. The number of thioether (sulfide) groups is 1. The molecule has 1 aromatic carbocycles. The lowest BCUT2D eigenvalue weighted by Gasteiger charge is -2.30. The summed E-state index contributed by atoms with van der Waals surface area (Å²) in [6.45, 7) is 1.34. The van der Waals surface area contributed by atoms with Gasteiger partial charge in [0.25, 0.3) is 10.0 Å². The van der Waals surface area contributed by atoms with E-state index in [9.17, 15) is 13.2 Å². The summed E-state index contributed by atoms with van der Waals surface area (Å²) >= 11 is 14.9. The van der Waals surface area contributed by atoms with Crippen molar-refractivity contribution in [1.82, 2.24) is 9.62 Å². The molecule has 1 aliphatic heterocycles. The fourth-order valence-electron chi connectivity index (χ4n) is 3.11. The second-order valence-corrected chi connectivity index (χ2v) is 11.7. The van der Waals surface area contributed by atoms with E-state index in [4.69, 9.17) is 23.2 Å². The quantitative estimate of drug-likeness (QED) is 0.550. The van der Waals surface area contributed by atoms with E-state index in [1.807, 2.05) is 12.1 Å². The molecular formula is C19H22Cl2N2O3S3. The van der Waals surface area contributed by atoms with Crippen LogP contribution in [0.25, 0.3) is 0 Å². The summed E-state index contributed by atoms with van der Waals surface area (Å²) in [6.07, 6.45) is 1.10. The van der Waals surface area contributed by atoms with E-state index in [0.29, 0.717) is 46.7 Å². The van der Waals surface area contributed by atoms with Gasteiger partial charge in [-0.1, -0.05) is 35.3 Å². The Morgan fingerprint density at radius 3 is 2.62 bits per heavy atom. The molecule has 0 atom stereocenters. The van der Waals surface area contributed by atoms with Gasteiger partial charge >= 0.3 is 0 Å². The average molecular weight is 494 g/mol. The highest BCUT2D eigenvalue weighted by Gasteiger charge is 2.32. The third kappa shape index (κ3) is 6.12. The van der Waals surface area contributed by atoms with Crippen molar-refractivity contribution in [3.63, 3.8) is 0 Å². The first-order valence-electron chi connectivity index (χ1n) is 9.21. The number of sulfonamides is 1. The van der Waals surface area contributed by atoms with Crippen molar-refractivity contribution < 1.29 is 13.2 Å². The Morgan fingerprint density at radius 2 is 1.97 bits per heavy atom. The molecule has 0 aliphatic carbocycles. The van der Waals surface area contributed by atoms with Crippen molar-refractivity contribution in [2.75, 3.05) is 25.4 Å². The largest absolute Gasteiger partial charge is 0.355 e. The molecule has 158 valence electrons. The number of carbonyl (C=O) groups excluding carboxylic acids is 1. The molecule has 0 saturated carbocycles. The predicted octanol–water partition coefficient (Wildman–Crippen LogP) is 4.51. The summed E-state index contributed by atoms with van der Waals surface area (Å²) in [7, 11) is -3.43. The number of nitrogens with one attached hydrogen (secondary N) is 1. The van der Waals surface area contributed by atoms with E-state index in [2.05, 4.69) is 5.32 Å². The number of amides is 1. The molecule has 0 radical (unpaired) electrons. The highest BCUT2D eigenvalue weighted by atomic mass is 35.5. The van der Waals surface area contributed by atoms with Crippen LogP contribution >= 0.6 is 46.3 Å². The molecule has 1 aliphatic rings. The van der Waals surface area contributed by atoms with Gasteiger partial charge in [0.2, 0.25) is 5.91 Å². The van der Waals surface area contributed by atoms with E-state index < -0.39 is 10.0 Å². The van der Waals surface area contributed by atoms with Gasteiger partial charge in [0.1, 0.15) is 4.21 Å². The van der Waals surface area contributed by atoms with Crippen molar-refractivity contribution >= 4 is 62.2 Å². The third-order valence-corrected chi connectivity index (χ3v) is 9.75. The van der Waals surface area contributed by atoms with Crippen molar-refractivity contribution in [2.24, 2.45) is 5.92 Å². The second-order valence-electron chi connectivity index (χ2n) is 6.70. The number of thiophene rings is 1. The van der Waals surface area contributed by atoms with Crippen molar-refractivity contribution in [3.05, 3.63) is 51.3 Å². The van der Waals surface area contributed by atoms with Crippen LogP contribution < -0.4 is 5.32 Å². The van der Waals surface area contributed by atoms with Crippen LogP contribution in [0, 0.1) is 5.92 Å². The van der Waals surface area contributed by atoms with Crippen LogP contribution in [0.5, 0.6) is 0 Å². The lowest BCUT2D eigenvalue weighted by atomic mass is 9.97. The van der Waals surface area contributed by atoms with Gasteiger partial charge in [-0.3, -0.25) is 4.79 Å². The molecule has 0 unspecified atom stereocenters. The molecule has 1 N–H and O–H groups in total. The highest BCUT2D eigenvalue weighted by Crippen LogP contribution is 2.27. The number of hydrogen-bond acceptors (Lipinski definition) is 5. The van der Waals surface area contributed by atoms with Gasteiger partial charge in [0.05, 0.1) is 10.0 Å². The minimum atomic E-state index is -3.43. The SMILES string of the molecule is O=C(NCCSCc1ccc(Cl)c(Cl)c1)C1CCN(S(=O)(=O)c2cccs2)CC1. The van der Waals surface area contributed by atoms with Gasteiger partial charge in [-0.15, -0.1) is 11.3 Å². The third-order valence-electron chi connectivity index (χ3n) is 4.71. The number of benzene rings is 1. The fourth-order valence-corrected chi connectivity index (χ4v) is 6.85. The zero-order valence-corrected chi connectivity index (χ0v) is 19.6. The van der Waals surface area contributed by atoms with Crippen LogP contribution in [0.15, 0.2) is 39.9 Å². The van der Waals surface area contributed by atoms with Crippen LogP contribution in [0.4, 0.5) is 0 Å². The minimum absolute atomic E-state index is 0.00769. The van der Waals surface area contributed by atoms with E-state index >= 15 is 0 Å². The van der Waals surface area contributed by atoms with Gasteiger partial charge in [-0.05, 0) is 42.0 Å².